The molecule has 1 aromatic carbocycles. The second-order valence-electron chi connectivity index (χ2n) is 4.24. The van der Waals surface area contributed by atoms with E-state index in [-0.39, 0.29) is 5.91 Å². The molecule has 0 fully saturated rings. The Balaban J connectivity index is 2.56. The van der Waals surface area contributed by atoms with Crippen molar-refractivity contribution in [3.63, 3.8) is 0 Å². The maximum absolute atomic E-state index is 11.8. The van der Waals surface area contributed by atoms with Crippen LogP contribution >= 0.6 is 11.6 Å². The van der Waals surface area contributed by atoms with Crippen molar-refractivity contribution in [1.82, 2.24) is 10.9 Å². The summed E-state index contributed by atoms with van der Waals surface area (Å²) in [4.78, 5) is 11.8. The lowest BCUT2D eigenvalue weighted by atomic mass is 10.2. The number of aryl methyl sites for hydroxylation is 1. The van der Waals surface area contributed by atoms with Gasteiger partial charge in [0.15, 0.2) is 6.10 Å². The molecule has 4 nitrogen and oxygen atoms in total. The van der Waals surface area contributed by atoms with Crippen LogP contribution in [0.1, 0.15) is 25.8 Å². The zero-order valence-electron chi connectivity index (χ0n) is 11.4. The van der Waals surface area contributed by atoms with Gasteiger partial charge in [-0.1, -0.05) is 25.1 Å². The van der Waals surface area contributed by atoms with Crippen molar-refractivity contribution in [3.05, 3.63) is 41.1 Å². The van der Waals surface area contributed by atoms with E-state index in [1.807, 2.05) is 13.8 Å². The van der Waals surface area contributed by atoms with Crippen LogP contribution in [0.3, 0.4) is 0 Å². The highest BCUT2D eigenvalue weighted by molar-refractivity contribution is 6.30. The molecule has 0 bridgehead atoms. The fourth-order valence-electron chi connectivity index (χ4n) is 1.33. The molecule has 0 saturated heterocycles. The summed E-state index contributed by atoms with van der Waals surface area (Å²) in [5.41, 5.74) is 6.90. The van der Waals surface area contributed by atoms with Gasteiger partial charge in [-0.3, -0.25) is 10.2 Å². The van der Waals surface area contributed by atoms with Crippen molar-refractivity contribution >= 4 is 17.5 Å². The lowest BCUT2D eigenvalue weighted by Gasteiger charge is -2.17. The number of carbonyl (C=O) groups is 1. The minimum absolute atomic E-state index is 0.260. The minimum Gasteiger partial charge on any atom is -0.481 e. The van der Waals surface area contributed by atoms with E-state index < -0.39 is 6.10 Å². The Hall–Kier alpha value is -1.68. The molecule has 0 aliphatic rings. The van der Waals surface area contributed by atoms with Gasteiger partial charge < -0.3 is 10.2 Å². The quantitative estimate of drug-likeness (QED) is 0.789. The molecule has 1 aromatic rings. The number of carbonyl (C=O) groups excluding carboxylic acids is 1. The molecule has 19 heavy (non-hydrogen) atoms. The zero-order valence-corrected chi connectivity index (χ0v) is 12.2. The van der Waals surface area contributed by atoms with E-state index >= 15 is 0 Å². The van der Waals surface area contributed by atoms with Crippen LogP contribution < -0.4 is 15.6 Å². The molecule has 5 heteroatoms. The number of ether oxygens (including phenoxy) is 1. The summed E-state index contributed by atoms with van der Waals surface area (Å²) in [6, 6.07) is 5.27. The number of allylic oxidation sites excluding steroid dienone is 1. The molecular weight excluding hydrogens is 264 g/mol. The van der Waals surface area contributed by atoms with Crippen LogP contribution in [0.25, 0.3) is 0 Å². The first kappa shape index (κ1) is 15.4. The average molecular weight is 283 g/mol. The summed E-state index contributed by atoms with van der Waals surface area (Å²) in [6.07, 6.45) is 0.128. The van der Waals surface area contributed by atoms with Crippen LogP contribution in [-0.2, 0) is 4.79 Å². The third kappa shape index (κ3) is 4.83. The van der Waals surface area contributed by atoms with E-state index in [0.717, 1.165) is 17.7 Å². The van der Waals surface area contributed by atoms with Crippen LogP contribution in [0.15, 0.2) is 30.5 Å². The number of benzene rings is 1. The van der Waals surface area contributed by atoms with E-state index in [1.54, 1.807) is 25.1 Å². The second-order valence-corrected chi connectivity index (χ2v) is 4.68. The number of halogens is 1. The van der Waals surface area contributed by atoms with E-state index in [9.17, 15) is 4.79 Å². The molecule has 0 heterocycles. The molecule has 0 radical (unpaired) electrons. The van der Waals surface area contributed by atoms with Crippen LogP contribution in [0.2, 0.25) is 5.02 Å². The zero-order chi connectivity index (χ0) is 14.4. The Labute approximate surface area is 118 Å². The van der Waals surface area contributed by atoms with Gasteiger partial charge in [-0.25, -0.2) is 0 Å². The number of rotatable bonds is 6. The van der Waals surface area contributed by atoms with Gasteiger partial charge in [0.2, 0.25) is 0 Å². The molecular formula is C14H19ClN2O2. The smallest absolute Gasteiger partial charge is 0.279 e. The predicted molar refractivity (Wildman–Crippen MR) is 77.0 cm³/mol. The molecule has 1 atom stereocenters. The summed E-state index contributed by atoms with van der Waals surface area (Å²) < 4.78 is 5.59. The highest BCUT2D eigenvalue weighted by Crippen LogP contribution is 2.22. The Morgan fingerprint density at radius 2 is 2.16 bits per heavy atom. The van der Waals surface area contributed by atoms with Crippen LogP contribution in [-0.4, -0.2) is 12.0 Å². The van der Waals surface area contributed by atoms with Gasteiger partial charge in [-0.05, 0) is 44.0 Å². The van der Waals surface area contributed by atoms with Gasteiger partial charge >= 0.3 is 0 Å². The van der Waals surface area contributed by atoms with Crippen molar-refractivity contribution in [2.45, 2.75) is 33.3 Å². The highest BCUT2D eigenvalue weighted by atomic mass is 35.5. The third-order valence-corrected chi connectivity index (χ3v) is 2.83. The molecule has 1 rings (SSSR count). The summed E-state index contributed by atoms with van der Waals surface area (Å²) in [5.74, 6) is 0.380. The van der Waals surface area contributed by atoms with Gasteiger partial charge in [0.25, 0.3) is 5.91 Å². The molecule has 0 saturated carbocycles. The lowest BCUT2D eigenvalue weighted by molar-refractivity contribution is -0.128. The van der Waals surface area contributed by atoms with Crippen LogP contribution in [0.4, 0.5) is 0 Å². The average Bonchev–Trinajstić information content (AvgIpc) is 2.38. The summed E-state index contributed by atoms with van der Waals surface area (Å²) in [6.45, 7) is 9.23. The van der Waals surface area contributed by atoms with Gasteiger partial charge in [0.05, 0.1) is 0 Å². The maximum Gasteiger partial charge on any atom is 0.279 e. The maximum atomic E-state index is 11.8. The first-order valence-electron chi connectivity index (χ1n) is 6.10. The molecule has 0 unspecified atom stereocenters. The number of hydrogen-bond donors (Lipinski definition) is 2. The first-order chi connectivity index (χ1) is 8.93. The van der Waals surface area contributed by atoms with Crippen molar-refractivity contribution in [3.8, 4) is 5.75 Å². The lowest BCUT2D eigenvalue weighted by Crippen LogP contribution is -2.43. The van der Waals surface area contributed by atoms with Crippen LogP contribution in [0.5, 0.6) is 5.75 Å². The molecule has 2 N–H and O–H groups in total. The Kier molecular flexibility index (Phi) is 5.70. The molecule has 104 valence electrons. The van der Waals surface area contributed by atoms with Gasteiger partial charge in [-0.15, -0.1) is 0 Å². The number of nitrogens with one attached hydrogen (secondary N) is 2. The Morgan fingerprint density at radius 3 is 2.74 bits per heavy atom. The standard InChI is InChI=1S/C14H19ClN2O2/c1-5-10(3)16-17-14(18)11(4)19-13-7-6-12(15)8-9(13)2/h6-8,11,16H,3,5H2,1-2,4H3,(H,17,18)/t11-/m1/s1. The largest absolute Gasteiger partial charge is 0.481 e. The molecule has 0 aliphatic carbocycles. The van der Waals surface area contributed by atoms with E-state index in [0.29, 0.717) is 10.8 Å². The predicted octanol–water partition coefficient (Wildman–Crippen LogP) is 2.96. The van der Waals surface area contributed by atoms with Crippen LogP contribution in [0, 0.1) is 6.92 Å². The highest BCUT2D eigenvalue weighted by Gasteiger charge is 2.15. The van der Waals surface area contributed by atoms with E-state index in [1.165, 1.54) is 0 Å². The van der Waals surface area contributed by atoms with E-state index in [4.69, 9.17) is 16.3 Å². The monoisotopic (exact) mass is 282 g/mol. The third-order valence-electron chi connectivity index (χ3n) is 2.60. The summed E-state index contributed by atoms with van der Waals surface area (Å²) in [5, 5.41) is 0.642. The normalized spacial score (nSPS) is 11.6. The molecule has 1 amide bonds. The Morgan fingerprint density at radius 1 is 1.47 bits per heavy atom. The fraction of sp³-hybridized carbons (Fsp3) is 0.357. The molecule has 0 aliphatic heterocycles. The minimum atomic E-state index is -0.614. The van der Waals surface area contributed by atoms with Gasteiger partial charge in [0, 0.05) is 10.7 Å². The van der Waals surface area contributed by atoms with Crippen molar-refractivity contribution in [2.24, 2.45) is 0 Å². The first-order valence-corrected chi connectivity index (χ1v) is 6.48. The number of amides is 1. The van der Waals surface area contributed by atoms with E-state index in [2.05, 4.69) is 17.4 Å². The Bertz CT molecular complexity index is 475. The molecule has 0 aromatic heterocycles. The van der Waals surface area contributed by atoms with Crippen molar-refractivity contribution in [1.29, 1.82) is 0 Å². The number of hydrazine groups is 1. The topological polar surface area (TPSA) is 50.4 Å². The second kappa shape index (κ2) is 7.04. The fourth-order valence-corrected chi connectivity index (χ4v) is 1.56. The summed E-state index contributed by atoms with van der Waals surface area (Å²) in [7, 11) is 0. The molecule has 0 spiro atoms. The summed E-state index contributed by atoms with van der Waals surface area (Å²) >= 11 is 5.86. The number of hydrogen-bond acceptors (Lipinski definition) is 3. The SMILES string of the molecule is C=C(CC)NNC(=O)[C@@H](C)Oc1ccc(Cl)cc1C. The van der Waals surface area contributed by atoms with Gasteiger partial charge in [0.1, 0.15) is 5.75 Å². The van der Waals surface area contributed by atoms with Gasteiger partial charge in [-0.2, -0.15) is 0 Å². The van der Waals surface area contributed by atoms with Crippen molar-refractivity contribution in [2.75, 3.05) is 0 Å². The van der Waals surface area contributed by atoms with Crippen molar-refractivity contribution < 1.29 is 9.53 Å².